The molecule has 0 saturated heterocycles. The summed E-state index contributed by atoms with van der Waals surface area (Å²) in [4.78, 5) is 5.77. The summed E-state index contributed by atoms with van der Waals surface area (Å²) in [6, 6.07) is 8.48. The first-order valence-electron chi connectivity index (χ1n) is 8.75. The zero-order valence-corrected chi connectivity index (χ0v) is 16.7. The van der Waals surface area contributed by atoms with Crippen LogP contribution in [0.15, 0.2) is 57.5 Å². The van der Waals surface area contributed by atoms with Gasteiger partial charge in [0.05, 0.1) is 0 Å². The summed E-state index contributed by atoms with van der Waals surface area (Å²) in [7, 11) is 0. The minimum absolute atomic E-state index is 0.700. The van der Waals surface area contributed by atoms with E-state index < -0.39 is 0 Å². The van der Waals surface area contributed by atoms with E-state index in [-0.39, 0.29) is 0 Å². The Morgan fingerprint density at radius 3 is 2.56 bits per heavy atom. The van der Waals surface area contributed by atoms with E-state index in [4.69, 9.17) is 5.73 Å². The van der Waals surface area contributed by atoms with Gasteiger partial charge in [0.15, 0.2) is 0 Å². The van der Waals surface area contributed by atoms with Crippen LogP contribution in [0.4, 0.5) is 0 Å². The van der Waals surface area contributed by atoms with Crippen molar-refractivity contribution in [3.8, 4) is 12.8 Å². The molecule has 1 aromatic carbocycles. The third-order valence-electron chi connectivity index (χ3n) is 3.43. The summed E-state index contributed by atoms with van der Waals surface area (Å²) >= 11 is 1.91. The van der Waals surface area contributed by atoms with Gasteiger partial charge in [-0.3, -0.25) is 4.99 Å². The van der Waals surface area contributed by atoms with Gasteiger partial charge in [0.2, 0.25) is 0 Å². The molecular formula is C22H32N2S. The van der Waals surface area contributed by atoms with E-state index in [9.17, 15) is 0 Å². The molecule has 0 aliphatic rings. The summed E-state index contributed by atoms with van der Waals surface area (Å²) in [5.74, 6) is 1.10. The molecule has 0 bridgehead atoms. The summed E-state index contributed by atoms with van der Waals surface area (Å²) in [5.41, 5.74) is 9.57. The van der Waals surface area contributed by atoms with Crippen LogP contribution in [0.1, 0.15) is 45.6 Å². The van der Waals surface area contributed by atoms with Crippen molar-refractivity contribution in [2.75, 3.05) is 18.8 Å². The van der Waals surface area contributed by atoms with E-state index in [0.717, 1.165) is 31.6 Å². The predicted molar refractivity (Wildman–Crippen MR) is 116 cm³/mol. The smallest absolute Gasteiger partial charge is 0.0401 e. The standard InChI is InChI=1S/C20H30N2S.C2H2/c1-4-18(11-10-17(2)3)12-15-23-20-9-6-5-8-19(20)16-22-14-7-13-21;1-2/h5-6,8-11,16H,4,7,12-15,21H2,1-3H3;1-2H/b18-11-,22-16?;. The predicted octanol–water partition coefficient (Wildman–Crippen LogP) is 5.49. The maximum absolute atomic E-state index is 5.50. The Kier molecular flexibility index (Phi) is 14.6. The van der Waals surface area contributed by atoms with Crippen LogP contribution in [-0.4, -0.2) is 25.1 Å². The number of allylic oxidation sites excluding steroid dienone is 4. The molecule has 0 saturated carbocycles. The van der Waals surface area contributed by atoms with Crippen molar-refractivity contribution in [1.82, 2.24) is 0 Å². The van der Waals surface area contributed by atoms with Crippen LogP contribution < -0.4 is 5.73 Å². The van der Waals surface area contributed by atoms with Crippen molar-refractivity contribution in [2.24, 2.45) is 10.7 Å². The Labute approximate surface area is 158 Å². The summed E-state index contributed by atoms with van der Waals surface area (Å²) < 4.78 is 0. The number of thioether (sulfide) groups is 1. The normalized spacial score (nSPS) is 11.0. The highest BCUT2D eigenvalue weighted by molar-refractivity contribution is 7.99. The van der Waals surface area contributed by atoms with Crippen LogP contribution in [-0.2, 0) is 0 Å². The minimum atomic E-state index is 0.700. The highest BCUT2D eigenvalue weighted by atomic mass is 32.2. The van der Waals surface area contributed by atoms with Gasteiger partial charge in [-0.1, -0.05) is 48.4 Å². The highest BCUT2D eigenvalue weighted by Crippen LogP contribution is 2.24. The van der Waals surface area contributed by atoms with Gasteiger partial charge >= 0.3 is 0 Å². The molecule has 25 heavy (non-hydrogen) atoms. The van der Waals surface area contributed by atoms with Crippen molar-refractivity contribution >= 4 is 18.0 Å². The maximum atomic E-state index is 5.50. The van der Waals surface area contributed by atoms with Gasteiger partial charge in [-0.2, -0.15) is 0 Å². The van der Waals surface area contributed by atoms with Gasteiger partial charge in [-0.15, -0.1) is 24.6 Å². The van der Waals surface area contributed by atoms with Crippen LogP contribution in [0, 0.1) is 12.8 Å². The molecule has 1 rings (SSSR count). The SMILES string of the molecule is C#C.CC/C(=C/C=C(C)C)CCSc1ccccc1C=NCCCN. The number of terminal acetylenes is 1. The molecular weight excluding hydrogens is 324 g/mol. The number of rotatable bonds is 10. The Balaban J connectivity index is 0.00000277. The van der Waals surface area contributed by atoms with Crippen LogP contribution in [0.2, 0.25) is 0 Å². The lowest BCUT2D eigenvalue weighted by Gasteiger charge is -2.07. The van der Waals surface area contributed by atoms with Crippen molar-refractivity contribution in [2.45, 2.75) is 44.9 Å². The molecule has 0 aliphatic heterocycles. The topological polar surface area (TPSA) is 38.4 Å². The van der Waals surface area contributed by atoms with Crippen LogP contribution in [0.5, 0.6) is 0 Å². The lowest BCUT2D eigenvalue weighted by molar-refractivity contribution is 0.847. The second kappa shape index (κ2) is 15.7. The van der Waals surface area contributed by atoms with Crippen molar-refractivity contribution in [3.05, 3.63) is 53.1 Å². The van der Waals surface area contributed by atoms with Crippen molar-refractivity contribution in [3.63, 3.8) is 0 Å². The largest absolute Gasteiger partial charge is 0.330 e. The van der Waals surface area contributed by atoms with E-state index in [1.807, 2.05) is 18.0 Å². The van der Waals surface area contributed by atoms with Crippen LogP contribution >= 0.6 is 11.8 Å². The molecule has 3 heteroatoms. The molecule has 0 fully saturated rings. The first-order valence-corrected chi connectivity index (χ1v) is 9.74. The van der Waals surface area contributed by atoms with E-state index >= 15 is 0 Å². The van der Waals surface area contributed by atoms with Gasteiger partial charge in [-0.25, -0.2) is 0 Å². The molecule has 0 atom stereocenters. The van der Waals surface area contributed by atoms with Crippen molar-refractivity contribution < 1.29 is 0 Å². The van der Waals surface area contributed by atoms with Crippen LogP contribution in [0.3, 0.4) is 0 Å². The molecule has 0 radical (unpaired) electrons. The zero-order chi connectivity index (χ0) is 18.9. The van der Waals surface area contributed by atoms with E-state index in [1.54, 1.807) is 0 Å². The minimum Gasteiger partial charge on any atom is -0.330 e. The number of benzene rings is 1. The number of hydrogen-bond acceptors (Lipinski definition) is 3. The molecule has 0 amide bonds. The van der Waals surface area contributed by atoms with E-state index in [2.05, 4.69) is 75.0 Å². The number of nitrogens with zero attached hydrogens (tertiary/aromatic N) is 1. The fourth-order valence-corrected chi connectivity index (χ4v) is 3.07. The van der Waals surface area contributed by atoms with Gasteiger partial charge in [0, 0.05) is 29.0 Å². The summed E-state index contributed by atoms with van der Waals surface area (Å²) in [6.45, 7) is 8.01. The first kappa shape index (κ1) is 23.2. The number of nitrogens with two attached hydrogens (primary N) is 1. The molecule has 0 aromatic heterocycles. The summed E-state index contributed by atoms with van der Waals surface area (Å²) in [6.07, 6.45) is 17.7. The Morgan fingerprint density at radius 1 is 1.20 bits per heavy atom. The Bertz CT molecular complexity index is 579. The molecule has 2 nitrogen and oxygen atoms in total. The molecule has 1 aromatic rings. The number of hydrogen-bond donors (Lipinski definition) is 1. The molecule has 0 unspecified atom stereocenters. The molecule has 2 N–H and O–H groups in total. The fraction of sp³-hybridized carbons (Fsp3) is 0.409. The van der Waals surface area contributed by atoms with E-state index in [1.165, 1.54) is 21.6 Å². The van der Waals surface area contributed by atoms with Crippen LogP contribution in [0.25, 0.3) is 0 Å². The number of aliphatic imine (C=N–C) groups is 1. The lowest BCUT2D eigenvalue weighted by Crippen LogP contribution is -2.00. The third kappa shape index (κ3) is 11.4. The Morgan fingerprint density at radius 2 is 1.92 bits per heavy atom. The third-order valence-corrected chi connectivity index (χ3v) is 4.52. The second-order valence-corrected chi connectivity index (χ2v) is 6.87. The zero-order valence-electron chi connectivity index (χ0n) is 15.9. The van der Waals surface area contributed by atoms with Gasteiger partial charge in [0.25, 0.3) is 0 Å². The maximum Gasteiger partial charge on any atom is 0.0401 e. The average Bonchev–Trinajstić information content (AvgIpc) is 2.64. The van der Waals surface area contributed by atoms with Gasteiger partial charge in [0.1, 0.15) is 0 Å². The molecule has 0 spiro atoms. The summed E-state index contributed by atoms with van der Waals surface area (Å²) in [5, 5.41) is 0. The molecule has 0 aliphatic carbocycles. The molecule has 0 heterocycles. The second-order valence-electron chi connectivity index (χ2n) is 5.74. The average molecular weight is 357 g/mol. The lowest BCUT2D eigenvalue weighted by atomic mass is 10.1. The monoisotopic (exact) mass is 356 g/mol. The Hall–Kier alpha value is -1.76. The van der Waals surface area contributed by atoms with Crippen molar-refractivity contribution in [1.29, 1.82) is 0 Å². The highest BCUT2D eigenvalue weighted by Gasteiger charge is 2.01. The van der Waals surface area contributed by atoms with Gasteiger partial charge < -0.3 is 5.73 Å². The first-order chi connectivity index (χ1) is 12.2. The van der Waals surface area contributed by atoms with Gasteiger partial charge in [-0.05, 0) is 45.7 Å². The van der Waals surface area contributed by atoms with E-state index in [0.29, 0.717) is 6.54 Å². The molecule has 136 valence electrons. The fourth-order valence-electron chi connectivity index (χ4n) is 2.02. The quantitative estimate of drug-likeness (QED) is 0.198.